The van der Waals surface area contributed by atoms with E-state index in [0.29, 0.717) is 0 Å². The average Bonchev–Trinajstić information content (AvgIpc) is 2.45. The quantitative estimate of drug-likeness (QED) is 0.909. The zero-order valence-electron chi connectivity index (χ0n) is 12.9. The molecule has 1 unspecified atom stereocenters. The van der Waals surface area contributed by atoms with Crippen LogP contribution in [-0.2, 0) is 4.79 Å². The Morgan fingerprint density at radius 1 is 1.20 bits per heavy atom. The molecule has 0 bridgehead atoms. The van der Waals surface area contributed by atoms with Gasteiger partial charge >= 0.3 is 0 Å². The Kier molecular flexibility index (Phi) is 4.78. The number of piperazine rings is 1. The van der Waals surface area contributed by atoms with E-state index in [1.807, 2.05) is 14.0 Å². The van der Waals surface area contributed by atoms with Gasteiger partial charge in [0.15, 0.2) is 0 Å². The number of nitrogens with zero attached hydrogens (tertiary/aromatic N) is 2. The van der Waals surface area contributed by atoms with Gasteiger partial charge in [0.1, 0.15) is 0 Å². The highest BCUT2D eigenvalue weighted by Crippen LogP contribution is 2.19. The number of aryl methyl sites for hydroxylation is 2. The minimum absolute atomic E-state index is 0.0667. The van der Waals surface area contributed by atoms with Crippen molar-refractivity contribution in [2.24, 2.45) is 0 Å². The molecule has 4 heteroatoms. The lowest BCUT2D eigenvalue weighted by Gasteiger charge is -2.34. The third kappa shape index (κ3) is 3.38. The summed E-state index contributed by atoms with van der Waals surface area (Å²) < 4.78 is 0. The largest absolute Gasteiger partial charge is 0.314 e. The molecule has 4 nitrogen and oxygen atoms in total. The summed E-state index contributed by atoms with van der Waals surface area (Å²) >= 11 is 0. The first-order chi connectivity index (χ1) is 9.49. The smallest absolute Gasteiger partial charge is 0.243 e. The summed E-state index contributed by atoms with van der Waals surface area (Å²) in [7, 11) is 1.87. The average molecular weight is 275 g/mol. The molecular formula is C16H25N3O. The lowest BCUT2D eigenvalue weighted by atomic mass is 10.1. The van der Waals surface area contributed by atoms with E-state index in [2.05, 4.69) is 42.3 Å². The fourth-order valence-electron chi connectivity index (χ4n) is 2.78. The van der Waals surface area contributed by atoms with Crippen LogP contribution in [0.3, 0.4) is 0 Å². The SMILES string of the molecule is Cc1cc(C)cc(N(C)C(=O)C(C)N2CCNCC2)c1. The summed E-state index contributed by atoms with van der Waals surface area (Å²) in [6.07, 6.45) is 0. The predicted molar refractivity (Wildman–Crippen MR) is 83.2 cm³/mol. The topological polar surface area (TPSA) is 35.6 Å². The third-order valence-corrected chi connectivity index (χ3v) is 3.98. The first-order valence-corrected chi connectivity index (χ1v) is 7.29. The molecule has 1 fully saturated rings. The highest BCUT2D eigenvalue weighted by atomic mass is 16.2. The van der Waals surface area contributed by atoms with Crippen LogP contribution in [0.2, 0.25) is 0 Å². The van der Waals surface area contributed by atoms with Crippen molar-refractivity contribution in [3.63, 3.8) is 0 Å². The Morgan fingerprint density at radius 2 is 1.75 bits per heavy atom. The van der Waals surface area contributed by atoms with Crippen molar-refractivity contribution in [1.29, 1.82) is 0 Å². The number of carbonyl (C=O) groups is 1. The molecule has 1 N–H and O–H groups in total. The van der Waals surface area contributed by atoms with Gasteiger partial charge in [0.25, 0.3) is 0 Å². The van der Waals surface area contributed by atoms with Crippen molar-refractivity contribution in [1.82, 2.24) is 10.2 Å². The van der Waals surface area contributed by atoms with Gasteiger partial charge in [0.2, 0.25) is 5.91 Å². The van der Waals surface area contributed by atoms with Gasteiger partial charge < -0.3 is 10.2 Å². The summed E-state index contributed by atoms with van der Waals surface area (Å²) in [6.45, 7) is 9.94. The van der Waals surface area contributed by atoms with Crippen LogP contribution in [0.4, 0.5) is 5.69 Å². The lowest BCUT2D eigenvalue weighted by molar-refractivity contribution is -0.123. The van der Waals surface area contributed by atoms with Crippen LogP contribution in [0, 0.1) is 13.8 Å². The molecule has 0 spiro atoms. The molecule has 0 saturated carbocycles. The van der Waals surface area contributed by atoms with Crippen LogP contribution >= 0.6 is 0 Å². The summed E-state index contributed by atoms with van der Waals surface area (Å²) in [4.78, 5) is 16.7. The van der Waals surface area contributed by atoms with E-state index in [-0.39, 0.29) is 11.9 Å². The number of amides is 1. The lowest BCUT2D eigenvalue weighted by Crippen LogP contribution is -2.53. The highest BCUT2D eigenvalue weighted by Gasteiger charge is 2.25. The van der Waals surface area contributed by atoms with Crippen molar-refractivity contribution in [2.75, 3.05) is 38.1 Å². The van der Waals surface area contributed by atoms with Gasteiger partial charge in [0.05, 0.1) is 6.04 Å². The van der Waals surface area contributed by atoms with Gasteiger partial charge in [-0.15, -0.1) is 0 Å². The molecule has 1 aromatic carbocycles. The predicted octanol–water partition coefficient (Wildman–Crippen LogP) is 1.56. The van der Waals surface area contributed by atoms with E-state index < -0.39 is 0 Å². The standard InChI is InChI=1S/C16H25N3O/c1-12-9-13(2)11-15(10-12)18(4)16(20)14(3)19-7-5-17-6-8-19/h9-11,14,17H,5-8H2,1-4H3. The maximum Gasteiger partial charge on any atom is 0.243 e. The fraction of sp³-hybridized carbons (Fsp3) is 0.562. The number of hydrogen-bond acceptors (Lipinski definition) is 3. The summed E-state index contributed by atoms with van der Waals surface area (Å²) in [5, 5.41) is 3.32. The Labute approximate surface area is 121 Å². The number of hydrogen-bond donors (Lipinski definition) is 1. The van der Waals surface area contributed by atoms with Crippen LogP contribution in [0.1, 0.15) is 18.1 Å². The molecular weight excluding hydrogens is 250 g/mol. The molecule has 1 atom stereocenters. The van der Waals surface area contributed by atoms with Gasteiger partial charge in [-0.25, -0.2) is 0 Å². The highest BCUT2D eigenvalue weighted by molar-refractivity contribution is 5.96. The molecule has 110 valence electrons. The van der Waals surface area contributed by atoms with Gasteiger partial charge in [-0.1, -0.05) is 6.07 Å². The molecule has 1 aliphatic rings. The number of carbonyl (C=O) groups excluding carboxylic acids is 1. The minimum Gasteiger partial charge on any atom is -0.314 e. The minimum atomic E-state index is -0.0667. The van der Waals surface area contributed by atoms with Gasteiger partial charge in [-0.2, -0.15) is 0 Å². The van der Waals surface area contributed by atoms with Gasteiger partial charge in [0, 0.05) is 38.9 Å². The van der Waals surface area contributed by atoms with Crippen LogP contribution in [-0.4, -0.2) is 50.1 Å². The van der Waals surface area contributed by atoms with Crippen LogP contribution in [0.5, 0.6) is 0 Å². The molecule has 20 heavy (non-hydrogen) atoms. The Bertz CT molecular complexity index is 460. The summed E-state index contributed by atoms with van der Waals surface area (Å²) in [6, 6.07) is 6.19. The normalized spacial score (nSPS) is 17.8. The van der Waals surface area contributed by atoms with E-state index in [0.717, 1.165) is 31.9 Å². The van der Waals surface area contributed by atoms with Crippen molar-refractivity contribution < 1.29 is 4.79 Å². The van der Waals surface area contributed by atoms with E-state index in [1.54, 1.807) is 4.90 Å². The number of rotatable bonds is 3. The Morgan fingerprint density at radius 3 is 2.30 bits per heavy atom. The summed E-state index contributed by atoms with van der Waals surface area (Å²) in [5.74, 6) is 0.164. The molecule has 1 heterocycles. The zero-order chi connectivity index (χ0) is 14.7. The first-order valence-electron chi connectivity index (χ1n) is 7.29. The van der Waals surface area contributed by atoms with E-state index in [9.17, 15) is 4.79 Å². The second-order valence-electron chi connectivity index (χ2n) is 5.71. The van der Waals surface area contributed by atoms with Crippen LogP contribution < -0.4 is 10.2 Å². The molecule has 0 radical (unpaired) electrons. The van der Waals surface area contributed by atoms with E-state index in [1.165, 1.54) is 11.1 Å². The van der Waals surface area contributed by atoms with Crippen LogP contribution in [0.15, 0.2) is 18.2 Å². The number of nitrogens with one attached hydrogen (secondary N) is 1. The molecule has 1 saturated heterocycles. The Balaban J connectivity index is 2.10. The molecule has 1 aliphatic heterocycles. The third-order valence-electron chi connectivity index (χ3n) is 3.98. The van der Waals surface area contributed by atoms with Crippen LogP contribution in [0.25, 0.3) is 0 Å². The number of likely N-dealkylation sites (N-methyl/N-ethyl adjacent to an activating group) is 1. The van der Waals surface area contributed by atoms with Crippen molar-refractivity contribution in [3.8, 4) is 0 Å². The molecule has 1 amide bonds. The molecule has 0 aliphatic carbocycles. The Hall–Kier alpha value is -1.39. The molecule has 1 aromatic rings. The second kappa shape index (κ2) is 6.37. The number of benzene rings is 1. The molecule has 2 rings (SSSR count). The maximum absolute atomic E-state index is 12.6. The van der Waals surface area contributed by atoms with Gasteiger partial charge in [-0.05, 0) is 44.0 Å². The fourth-order valence-corrected chi connectivity index (χ4v) is 2.78. The molecule has 0 aromatic heterocycles. The monoisotopic (exact) mass is 275 g/mol. The zero-order valence-corrected chi connectivity index (χ0v) is 12.9. The van der Waals surface area contributed by atoms with Crippen molar-refractivity contribution in [3.05, 3.63) is 29.3 Å². The number of anilines is 1. The van der Waals surface area contributed by atoms with E-state index >= 15 is 0 Å². The summed E-state index contributed by atoms with van der Waals surface area (Å²) in [5.41, 5.74) is 3.36. The maximum atomic E-state index is 12.6. The second-order valence-corrected chi connectivity index (χ2v) is 5.71. The first kappa shape index (κ1) is 15.0. The van der Waals surface area contributed by atoms with Crippen molar-refractivity contribution >= 4 is 11.6 Å². The van der Waals surface area contributed by atoms with E-state index in [4.69, 9.17) is 0 Å². The van der Waals surface area contributed by atoms with Crippen molar-refractivity contribution in [2.45, 2.75) is 26.8 Å². The van der Waals surface area contributed by atoms with Gasteiger partial charge in [-0.3, -0.25) is 9.69 Å².